The van der Waals surface area contributed by atoms with Gasteiger partial charge >= 0.3 is 0 Å². The van der Waals surface area contributed by atoms with Gasteiger partial charge in [0.2, 0.25) is 5.91 Å². The Kier molecular flexibility index (Phi) is 4.66. The van der Waals surface area contributed by atoms with Crippen molar-refractivity contribution in [2.75, 3.05) is 0 Å². The maximum absolute atomic E-state index is 11.5. The number of aryl methyl sites for hydroxylation is 2. The van der Waals surface area contributed by atoms with E-state index in [0.29, 0.717) is 16.7 Å². The zero-order chi connectivity index (χ0) is 17.1. The summed E-state index contributed by atoms with van der Waals surface area (Å²) in [7, 11) is 0. The summed E-state index contributed by atoms with van der Waals surface area (Å²) in [5.41, 5.74) is 8.21. The summed E-state index contributed by atoms with van der Waals surface area (Å²) < 4.78 is 6.92. The highest BCUT2D eigenvalue weighted by atomic mass is 32.2. The molecule has 2 heterocycles. The zero-order valence-electron chi connectivity index (χ0n) is 13.4. The number of aromatic nitrogens is 4. The number of benzene rings is 1. The molecular formula is C16H17N5O2S. The van der Waals surface area contributed by atoms with E-state index in [2.05, 4.69) is 15.4 Å². The second-order valence-corrected chi connectivity index (χ2v) is 6.39. The minimum atomic E-state index is -0.443. The summed E-state index contributed by atoms with van der Waals surface area (Å²) in [4.78, 5) is 11.5. The molecule has 0 saturated heterocycles. The molecule has 0 spiro atoms. The number of amides is 1. The van der Waals surface area contributed by atoms with Crippen LogP contribution in [-0.4, -0.2) is 25.8 Å². The molecule has 0 aliphatic carbocycles. The predicted octanol–water partition coefficient (Wildman–Crippen LogP) is 2.33. The van der Waals surface area contributed by atoms with Crippen LogP contribution in [0.2, 0.25) is 0 Å². The molecule has 0 radical (unpaired) electrons. The second-order valence-electron chi connectivity index (χ2n) is 5.45. The number of thioether (sulfide) groups is 1. The Labute approximate surface area is 143 Å². The van der Waals surface area contributed by atoms with Gasteiger partial charge in [0.05, 0.1) is 11.4 Å². The maximum Gasteiger partial charge on any atom is 0.237 e. The van der Waals surface area contributed by atoms with Gasteiger partial charge in [0, 0.05) is 11.6 Å². The number of nitrogens with zero attached hydrogens (tertiary/aromatic N) is 4. The first kappa shape index (κ1) is 16.3. The highest BCUT2D eigenvalue weighted by Crippen LogP contribution is 2.27. The van der Waals surface area contributed by atoms with E-state index in [0.717, 1.165) is 22.6 Å². The quantitative estimate of drug-likeness (QED) is 0.690. The second kappa shape index (κ2) is 6.88. The lowest BCUT2D eigenvalue weighted by molar-refractivity contribution is -0.118. The molecule has 3 aromatic rings. The average Bonchev–Trinajstić information content (AvgIpc) is 3.11. The van der Waals surface area contributed by atoms with Crippen LogP contribution in [0.4, 0.5) is 0 Å². The normalized spacial score (nSPS) is 10.9. The fraction of sp³-hybridized carbons (Fsp3) is 0.250. The van der Waals surface area contributed by atoms with Gasteiger partial charge < -0.3 is 10.3 Å². The van der Waals surface area contributed by atoms with Gasteiger partial charge in [-0.15, -0.1) is 10.2 Å². The lowest BCUT2D eigenvalue weighted by Crippen LogP contribution is -2.20. The summed E-state index contributed by atoms with van der Waals surface area (Å²) in [6.45, 7) is 3.89. The van der Waals surface area contributed by atoms with Crippen molar-refractivity contribution in [1.82, 2.24) is 19.9 Å². The Balaban J connectivity index is 1.90. The van der Waals surface area contributed by atoms with Crippen molar-refractivity contribution < 1.29 is 9.32 Å². The maximum atomic E-state index is 11.5. The van der Waals surface area contributed by atoms with Crippen LogP contribution < -0.4 is 5.73 Å². The van der Waals surface area contributed by atoms with Gasteiger partial charge in [-0.3, -0.25) is 9.36 Å². The average molecular weight is 343 g/mol. The van der Waals surface area contributed by atoms with E-state index in [4.69, 9.17) is 10.3 Å². The fourth-order valence-corrected chi connectivity index (χ4v) is 3.12. The first-order valence-electron chi connectivity index (χ1n) is 7.36. The topological polar surface area (TPSA) is 99.8 Å². The summed E-state index contributed by atoms with van der Waals surface area (Å²) in [6.07, 6.45) is 0. The van der Waals surface area contributed by atoms with E-state index < -0.39 is 5.91 Å². The SMILES string of the molecule is Cc1cccc(-c2nnc(SCc3cc(C)no3)n2CC(N)=O)c1. The molecular weight excluding hydrogens is 326 g/mol. The fourth-order valence-electron chi connectivity index (χ4n) is 2.31. The minimum absolute atomic E-state index is 0.0219. The largest absolute Gasteiger partial charge is 0.368 e. The monoisotopic (exact) mass is 343 g/mol. The molecule has 1 amide bonds. The third-order valence-electron chi connectivity index (χ3n) is 3.33. The van der Waals surface area contributed by atoms with Crippen LogP contribution in [0.5, 0.6) is 0 Å². The Morgan fingerprint density at radius 2 is 2.12 bits per heavy atom. The van der Waals surface area contributed by atoms with Gasteiger partial charge in [-0.2, -0.15) is 0 Å². The molecule has 0 saturated carbocycles. The predicted molar refractivity (Wildman–Crippen MR) is 90.2 cm³/mol. The molecule has 0 aliphatic heterocycles. The lowest BCUT2D eigenvalue weighted by Gasteiger charge is -2.08. The Morgan fingerprint density at radius 1 is 1.29 bits per heavy atom. The van der Waals surface area contributed by atoms with E-state index in [1.54, 1.807) is 4.57 Å². The molecule has 7 nitrogen and oxygen atoms in total. The number of carbonyl (C=O) groups excluding carboxylic acids is 1. The van der Waals surface area contributed by atoms with Crippen LogP contribution in [0, 0.1) is 13.8 Å². The van der Waals surface area contributed by atoms with Crippen LogP contribution in [0.3, 0.4) is 0 Å². The molecule has 124 valence electrons. The molecule has 0 bridgehead atoms. The number of carbonyl (C=O) groups is 1. The standard InChI is InChI=1S/C16H17N5O2S/c1-10-4-3-5-12(6-10)15-18-19-16(21(15)8-14(17)22)24-9-13-7-11(2)20-23-13/h3-7H,8-9H2,1-2H3,(H2,17,22). The molecule has 8 heteroatoms. The van der Waals surface area contributed by atoms with E-state index in [1.165, 1.54) is 11.8 Å². The van der Waals surface area contributed by atoms with Crippen LogP contribution in [0.15, 0.2) is 40.0 Å². The first-order valence-corrected chi connectivity index (χ1v) is 8.35. The summed E-state index contributed by atoms with van der Waals surface area (Å²) in [5.74, 6) is 1.46. The zero-order valence-corrected chi connectivity index (χ0v) is 14.2. The van der Waals surface area contributed by atoms with Gasteiger partial charge in [0.15, 0.2) is 11.0 Å². The van der Waals surface area contributed by atoms with Gasteiger partial charge in [0.25, 0.3) is 0 Å². The molecule has 0 atom stereocenters. The summed E-state index contributed by atoms with van der Waals surface area (Å²) in [6, 6.07) is 9.74. The van der Waals surface area contributed by atoms with E-state index in [1.807, 2.05) is 44.2 Å². The van der Waals surface area contributed by atoms with E-state index in [-0.39, 0.29) is 6.54 Å². The number of hydrogen-bond donors (Lipinski definition) is 1. The Bertz CT molecular complexity index is 871. The number of primary amides is 1. The van der Waals surface area contributed by atoms with E-state index >= 15 is 0 Å². The smallest absolute Gasteiger partial charge is 0.237 e. The molecule has 2 aromatic heterocycles. The summed E-state index contributed by atoms with van der Waals surface area (Å²) >= 11 is 1.42. The van der Waals surface area contributed by atoms with Crippen LogP contribution in [0.1, 0.15) is 17.0 Å². The van der Waals surface area contributed by atoms with Crippen molar-refractivity contribution in [2.45, 2.75) is 31.3 Å². The van der Waals surface area contributed by atoms with Crippen LogP contribution >= 0.6 is 11.8 Å². The number of rotatable bonds is 6. The molecule has 0 fully saturated rings. The van der Waals surface area contributed by atoms with E-state index in [9.17, 15) is 4.79 Å². The van der Waals surface area contributed by atoms with Crippen molar-refractivity contribution in [1.29, 1.82) is 0 Å². The number of hydrogen-bond acceptors (Lipinski definition) is 6. The lowest BCUT2D eigenvalue weighted by atomic mass is 10.1. The van der Waals surface area contributed by atoms with Crippen molar-refractivity contribution in [3.05, 3.63) is 47.3 Å². The molecule has 0 unspecified atom stereocenters. The van der Waals surface area contributed by atoms with Crippen molar-refractivity contribution >= 4 is 17.7 Å². The first-order chi connectivity index (χ1) is 11.5. The molecule has 2 N–H and O–H groups in total. The van der Waals surface area contributed by atoms with Gasteiger partial charge in [-0.05, 0) is 19.9 Å². The molecule has 24 heavy (non-hydrogen) atoms. The summed E-state index contributed by atoms with van der Waals surface area (Å²) in [5, 5.41) is 12.9. The minimum Gasteiger partial charge on any atom is -0.368 e. The molecule has 3 rings (SSSR count). The third-order valence-corrected chi connectivity index (χ3v) is 4.32. The van der Waals surface area contributed by atoms with Crippen molar-refractivity contribution in [2.24, 2.45) is 5.73 Å². The highest BCUT2D eigenvalue weighted by Gasteiger charge is 2.17. The molecule has 0 aliphatic rings. The van der Waals surface area contributed by atoms with Crippen molar-refractivity contribution in [3.63, 3.8) is 0 Å². The van der Waals surface area contributed by atoms with Gasteiger partial charge in [-0.25, -0.2) is 0 Å². The van der Waals surface area contributed by atoms with Gasteiger partial charge in [0.1, 0.15) is 12.3 Å². The highest BCUT2D eigenvalue weighted by molar-refractivity contribution is 7.98. The molecule has 1 aromatic carbocycles. The Morgan fingerprint density at radius 3 is 2.79 bits per heavy atom. The van der Waals surface area contributed by atoms with Gasteiger partial charge in [-0.1, -0.05) is 40.7 Å². The van der Waals surface area contributed by atoms with Crippen LogP contribution in [-0.2, 0) is 17.1 Å². The third kappa shape index (κ3) is 3.65. The number of nitrogens with two attached hydrogens (primary N) is 1. The Hall–Kier alpha value is -2.61. The van der Waals surface area contributed by atoms with Crippen LogP contribution in [0.25, 0.3) is 11.4 Å². The van der Waals surface area contributed by atoms with Crippen molar-refractivity contribution in [3.8, 4) is 11.4 Å².